The predicted molar refractivity (Wildman–Crippen MR) is 116 cm³/mol. The molecule has 6 N–H and O–H groups in total. The second kappa shape index (κ2) is 10.2. The van der Waals surface area contributed by atoms with Crippen LogP contribution in [0.5, 0.6) is 0 Å². The first-order chi connectivity index (χ1) is 14.9. The number of H-pyrrole nitrogens is 1. The van der Waals surface area contributed by atoms with Gasteiger partial charge in [-0.2, -0.15) is 0 Å². The van der Waals surface area contributed by atoms with Crippen LogP contribution >= 0.6 is 0 Å². The fraction of sp³-hybridized carbons (Fsp3) is 0.455. The van der Waals surface area contributed by atoms with Crippen molar-refractivity contribution in [2.45, 2.75) is 50.9 Å². The summed E-state index contributed by atoms with van der Waals surface area (Å²) in [4.78, 5) is 16.1. The molecule has 4 rings (SSSR count). The molecule has 0 saturated carbocycles. The number of aryl methyl sites for hydroxylation is 2. The highest BCUT2D eigenvalue weighted by Crippen LogP contribution is 2.32. The lowest BCUT2D eigenvalue weighted by Gasteiger charge is -2.30. The van der Waals surface area contributed by atoms with Crippen molar-refractivity contribution < 1.29 is 25.3 Å². The van der Waals surface area contributed by atoms with Gasteiger partial charge in [0.25, 0.3) is 0 Å². The number of anilines is 1. The number of nitrogens with zero attached hydrogens (tertiary/aromatic N) is 2. The first-order valence-electron chi connectivity index (χ1n) is 10.3. The molecule has 168 valence electrons. The maximum Gasteiger partial charge on any atom is 0.162 e. The van der Waals surface area contributed by atoms with Crippen LogP contribution in [0.25, 0.3) is 11.0 Å². The summed E-state index contributed by atoms with van der Waals surface area (Å²) in [7, 11) is 0. The third-order valence-electron chi connectivity index (χ3n) is 5.40. The van der Waals surface area contributed by atoms with Crippen molar-refractivity contribution in [1.29, 1.82) is 0 Å². The number of benzene rings is 1. The Labute approximate surface area is 180 Å². The molecular weight excluding hydrogens is 400 g/mol. The van der Waals surface area contributed by atoms with Crippen molar-refractivity contribution in [2.24, 2.45) is 0 Å². The molecule has 9 nitrogen and oxygen atoms in total. The Morgan fingerprint density at radius 2 is 1.94 bits per heavy atom. The molecule has 0 spiro atoms. The van der Waals surface area contributed by atoms with Crippen molar-refractivity contribution in [3.8, 4) is 0 Å². The van der Waals surface area contributed by atoms with E-state index in [1.807, 2.05) is 37.4 Å². The molecule has 0 radical (unpaired) electrons. The molecule has 0 bridgehead atoms. The highest BCUT2D eigenvalue weighted by Gasteiger charge is 2.31. The molecule has 2 heterocycles. The molecule has 31 heavy (non-hydrogen) atoms. The monoisotopic (exact) mass is 430 g/mol. The highest BCUT2D eigenvalue weighted by atomic mass is 16.6. The van der Waals surface area contributed by atoms with E-state index in [0.717, 1.165) is 29.4 Å². The molecule has 0 saturated heterocycles. The summed E-state index contributed by atoms with van der Waals surface area (Å²) >= 11 is 0. The number of rotatable bonds is 8. The van der Waals surface area contributed by atoms with Gasteiger partial charge in [-0.25, -0.2) is 15.4 Å². The van der Waals surface area contributed by atoms with Crippen LogP contribution in [0, 0.1) is 0 Å². The van der Waals surface area contributed by atoms with E-state index in [2.05, 4.69) is 20.4 Å². The Morgan fingerprint density at radius 1 is 1.16 bits per heavy atom. The van der Waals surface area contributed by atoms with Crippen LogP contribution in [-0.2, 0) is 23.3 Å². The number of aromatic nitrogens is 3. The van der Waals surface area contributed by atoms with Gasteiger partial charge in [0.05, 0.1) is 30.3 Å². The Balaban J connectivity index is 0.000000185. The molecule has 0 amide bonds. The standard InChI is InChI=1S/C14H20O4.C8H10N4O/c1-14(18,7-12(16)13(17)8-15)11-5-4-9-2-3-10(9)6-11;1-2-13-12-8-6-3-4-9-7(6)10-5-11-8/h4-6,12-13,15-18H,2-3,7-8H2,1H3;3-5H,2H2,1H3,(H2,9,10,11,12)/t12?,13?,14-;/m0./s1. The lowest BCUT2D eigenvalue weighted by molar-refractivity contribution is -0.0646. The first kappa shape index (κ1) is 23.1. The smallest absolute Gasteiger partial charge is 0.162 e. The maximum atomic E-state index is 10.4. The fourth-order valence-corrected chi connectivity index (χ4v) is 3.41. The van der Waals surface area contributed by atoms with Crippen LogP contribution < -0.4 is 5.48 Å². The maximum absolute atomic E-state index is 10.4. The van der Waals surface area contributed by atoms with E-state index in [-0.39, 0.29) is 6.42 Å². The van der Waals surface area contributed by atoms with Gasteiger partial charge >= 0.3 is 0 Å². The van der Waals surface area contributed by atoms with Gasteiger partial charge in [-0.05, 0) is 49.4 Å². The number of hydrogen-bond acceptors (Lipinski definition) is 8. The van der Waals surface area contributed by atoms with Gasteiger partial charge < -0.3 is 25.4 Å². The van der Waals surface area contributed by atoms with Crippen molar-refractivity contribution in [3.63, 3.8) is 0 Å². The third kappa shape index (κ3) is 5.57. The Morgan fingerprint density at radius 3 is 2.58 bits per heavy atom. The summed E-state index contributed by atoms with van der Waals surface area (Å²) in [6.45, 7) is 3.60. The molecule has 0 aliphatic heterocycles. The average Bonchev–Trinajstić information content (AvgIpc) is 3.22. The van der Waals surface area contributed by atoms with E-state index >= 15 is 0 Å². The van der Waals surface area contributed by atoms with Gasteiger partial charge in [0.1, 0.15) is 18.1 Å². The summed E-state index contributed by atoms with van der Waals surface area (Å²) in [5, 5.41) is 39.1. The van der Waals surface area contributed by atoms with Gasteiger partial charge in [0.15, 0.2) is 5.82 Å². The number of aliphatic hydroxyl groups excluding tert-OH is 3. The van der Waals surface area contributed by atoms with Crippen LogP contribution in [0.3, 0.4) is 0 Å². The summed E-state index contributed by atoms with van der Waals surface area (Å²) < 4.78 is 0. The minimum absolute atomic E-state index is 0.00644. The van der Waals surface area contributed by atoms with Gasteiger partial charge in [-0.15, -0.1) is 0 Å². The fourth-order valence-electron chi connectivity index (χ4n) is 3.41. The van der Waals surface area contributed by atoms with Crippen LogP contribution in [0.1, 0.15) is 37.0 Å². The van der Waals surface area contributed by atoms with E-state index in [1.54, 1.807) is 6.92 Å². The minimum Gasteiger partial charge on any atom is -0.394 e. The van der Waals surface area contributed by atoms with Crippen LogP contribution in [0.15, 0.2) is 36.8 Å². The number of nitrogens with one attached hydrogen (secondary N) is 2. The number of hydrogen-bond donors (Lipinski definition) is 6. The zero-order valence-corrected chi connectivity index (χ0v) is 17.7. The normalized spacial score (nSPS) is 16.3. The Bertz CT molecular complexity index is 991. The number of fused-ring (bicyclic) bond motifs is 2. The van der Waals surface area contributed by atoms with Crippen molar-refractivity contribution >= 4 is 16.9 Å². The molecule has 2 unspecified atom stereocenters. The van der Waals surface area contributed by atoms with Crippen LogP contribution in [-0.4, -0.2) is 60.8 Å². The minimum atomic E-state index is -1.22. The number of aromatic amines is 1. The summed E-state index contributed by atoms with van der Waals surface area (Å²) in [6, 6.07) is 7.71. The predicted octanol–water partition coefficient (Wildman–Crippen LogP) is 1.42. The largest absolute Gasteiger partial charge is 0.394 e. The zero-order valence-electron chi connectivity index (χ0n) is 17.7. The summed E-state index contributed by atoms with van der Waals surface area (Å²) in [5.41, 5.74) is 5.64. The van der Waals surface area contributed by atoms with Crippen LogP contribution in [0.2, 0.25) is 0 Å². The topological polar surface area (TPSA) is 144 Å². The lowest BCUT2D eigenvalue weighted by Crippen LogP contribution is -2.36. The molecule has 1 aliphatic carbocycles. The van der Waals surface area contributed by atoms with Crippen molar-refractivity contribution in [2.75, 3.05) is 18.7 Å². The third-order valence-corrected chi connectivity index (χ3v) is 5.40. The molecule has 3 atom stereocenters. The Hall–Kier alpha value is -2.56. The van der Waals surface area contributed by atoms with Gasteiger partial charge in [0.2, 0.25) is 0 Å². The van der Waals surface area contributed by atoms with E-state index in [9.17, 15) is 15.3 Å². The van der Waals surface area contributed by atoms with E-state index in [1.165, 1.54) is 17.5 Å². The molecule has 3 aromatic rings. The summed E-state index contributed by atoms with van der Waals surface area (Å²) in [5.74, 6) is 0.688. The molecule has 0 fully saturated rings. The first-order valence-corrected chi connectivity index (χ1v) is 10.3. The van der Waals surface area contributed by atoms with Gasteiger partial charge in [0, 0.05) is 12.6 Å². The quantitative estimate of drug-likeness (QED) is 0.295. The molecule has 1 aromatic carbocycles. The molecule has 2 aromatic heterocycles. The van der Waals surface area contributed by atoms with Crippen LogP contribution in [0.4, 0.5) is 5.82 Å². The molecular formula is C22H30N4O5. The van der Waals surface area contributed by atoms with E-state index in [0.29, 0.717) is 12.4 Å². The lowest BCUT2D eigenvalue weighted by atomic mass is 9.81. The molecule has 9 heteroatoms. The zero-order chi connectivity index (χ0) is 22.4. The molecule has 1 aliphatic rings. The second-order valence-electron chi connectivity index (χ2n) is 7.78. The van der Waals surface area contributed by atoms with Gasteiger partial charge in [-0.1, -0.05) is 18.2 Å². The van der Waals surface area contributed by atoms with Crippen molar-refractivity contribution in [3.05, 3.63) is 53.5 Å². The van der Waals surface area contributed by atoms with Crippen molar-refractivity contribution in [1.82, 2.24) is 15.0 Å². The number of aliphatic hydroxyl groups is 4. The van der Waals surface area contributed by atoms with Gasteiger partial charge in [-0.3, -0.25) is 4.84 Å². The second-order valence-corrected chi connectivity index (χ2v) is 7.78. The highest BCUT2D eigenvalue weighted by molar-refractivity contribution is 5.86. The average molecular weight is 431 g/mol. The SMILES string of the molecule is CCONc1ncnc2[nH]ccc12.C[C@](O)(CC(O)C(O)CO)c1ccc2c(c1)CC2. The van der Waals surface area contributed by atoms with E-state index in [4.69, 9.17) is 9.94 Å². The van der Waals surface area contributed by atoms with E-state index < -0.39 is 24.4 Å². The summed E-state index contributed by atoms with van der Waals surface area (Å²) in [6.07, 6.45) is 3.05. The Kier molecular flexibility index (Phi) is 7.58.